The molecule has 29 heavy (non-hydrogen) atoms. The van der Waals surface area contributed by atoms with Crippen LogP contribution in [0.2, 0.25) is 0 Å². The van der Waals surface area contributed by atoms with Crippen LogP contribution in [0.15, 0.2) is 42.5 Å². The lowest BCUT2D eigenvalue weighted by molar-refractivity contribution is -0.137. The second-order valence-electron chi connectivity index (χ2n) is 5.94. The maximum absolute atomic E-state index is 12.8. The first-order chi connectivity index (χ1) is 13.5. The van der Waals surface area contributed by atoms with Gasteiger partial charge in [-0.25, -0.2) is 8.42 Å². The van der Waals surface area contributed by atoms with E-state index >= 15 is 0 Å². The van der Waals surface area contributed by atoms with E-state index in [-0.39, 0.29) is 17.1 Å². The van der Waals surface area contributed by atoms with Gasteiger partial charge in [0.2, 0.25) is 15.9 Å². The first kappa shape index (κ1) is 22.3. The van der Waals surface area contributed by atoms with Gasteiger partial charge >= 0.3 is 6.18 Å². The molecule has 0 saturated heterocycles. The molecule has 1 amide bonds. The Morgan fingerprint density at radius 3 is 2.28 bits per heavy atom. The molecule has 0 fully saturated rings. The molecule has 0 bridgehead atoms. The molecule has 0 heterocycles. The number of rotatable bonds is 7. The van der Waals surface area contributed by atoms with E-state index in [0.29, 0.717) is 5.75 Å². The Hall–Kier alpha value is -2.95. The Morgan fingerprint density at radius 2 is 1.72 bits per heavy atom. The molecule has 0 atom stereocenters. The van der Waals surface area contributed by atoms with E-state index in [4.69, 9.17) is 9.47 Å². The summed E-state index contributed by atoms with van der Waals surface area (Å²) in [6.45, 7) is -0.648. The van der Waals surface area contributed by atoms with Crippen molar-refractivity contribution in [2.45, 2.75) is 6.18 Å². The Labute approximate surface area is 166 Å². The number of methoxy groups -OCH3 is 2. The van der Waals surface area contributed by atoms with Gasteiger partial charge in [-0.1, -0.05) is 6.07 Å². The summed E-state index contributed by atoms with van der Waals surface area (Å²) in [5.41, 5.74) is -0.912. The minimum atomic E-state index is -4.57. The van der Waals surface area contributed by atoms with Gasteiger partial charge in [-0.15, -0.1) is 0 Å². The highest BCUT2D eigenvalue weighted by Gasteiger charge is 2.30. The molecular weight excluding hydrogens is 413 g/mol. The van der Waals surface area contributed by atoms with Gasteiger partial charge < -0.3 is 14.8 Å². The zero-order valence-corrected chi connectivity index (χ0v) is 16.6. The molecule has 158 valence electrons. The number of halogens is 3. The molecule has 0 aliphatic heterocycles. The summed E-state index contributed by atoms with van der Waals surface area (Å²) in [7, 11) is -1.11. The number of amides is 1. The second kappa shape index (κ2) is 8.60. The van der Waals surface area contributed by atoms with E-state index in [2.05, 4.69) is 5.32 Å². The van der Waals surface area contributed by atoms with Gasteiger partial charge in [0.25, 0.3) is 0 Å². The molecule has 1 N–H and O–H groups in total. The Balaban J connectivity index is 2.27. The number of sulfonamides is 1. The van der Waals surface area contributed by atoms with Crippen LogP contribution in [0.1, 0.15) is 5.56 Å². The van der Waals surface area contributed by atoms with Crippen LogP contribution in [-0.2, 0) is 21.0 Å². The molecule has 2 aromatic rings. The largest absolute Gasteiger partial charge is 0.493 e. The van der Waals surface area contributed by atoms with Crippen LogP contribution in [0, 0.1) is 0 Å². The average Bonchev–Trinajstić information content (AvgIpc) is 2.64. The standard InChI is InChI=1S/C18H19F3N2O5S/c1-27-15-8-7-14(10-16(15)28-2)23(29(3,25)26)11-17(24)22-13-6-4-5-12(9-13)18(19,20)21/h4-10H,11H2,1-3H3,(H,22,24). The summed E-state index contributed by atoms with van der Waals surface area (Å²) in [4.78, 5) is 12.3. The predicted octanol–water partition coefficient (Wildman–Crippen LogP) is 3.13. The van der Waals surface area contributed by atoms with E-state index in [1.807, 2.05) is 0 Å². The van der Waals surface area contributed by atoms with Crippen molar-refractivity contribution in [1.29, 1.82) is 0 Å². The molecule has 2 rings (SSSR count). The predicted molar refractivity (Wildman–Crippen MR) is 102 cm³/mol. The van der Waals surface area contributed by atoms with E-state index < -0.39 is 34.2 Å². The van der Waals surface area contributed by atoms with Crippen LogP contribution in [0.3, 0.4) is 0 Å². The van der Waals surface area contributed by atoms with Gasteiger partial charge in [-0.2, -0.15) is 13.2 Å². The number of ether oxygens (including phenoxy) is 2. The maximum atomic E-state index is 12.8. The highest BCUT2D eigenvalue weighted by molar-refractivity contribution is 7.92. The third-order valence-electron chi connectivity index (χ3n) is 3.82. The summed E-state index contributed by atoms with van der Waals surface area (Å²) >= 11 is 0. The number of benzene rings is 2. The molecule has 0 aromatic heterocycles. The number of carbonyl (C=O) groups is 1. The first-order valence-electron chi connectivity index (χ1n) is 8.12. The SMILES string of the molecule is COc1ccc(N(CC(=O)Nc2cccc(C(F)(F)F)c2)S(C)(=O)=O)cc1OC. The fourth-order valence-corrected chi connectivity index (χ4v) is 3.33. The third kappa shape index (κ3) is 5.76. The van der Waals surface area contributed by atoms with Crippen molar-refractivity contribution in [1.82, 2.24) is 0 Å². The van der Waals surface area contributed by atoms with Gasteiger partial charge in [0.05, 0.1) is 31.7 Å². The topological polar surface area (TPSA) is 84.9 Å². The van der Waals surface area contributed by atoms with Gasteiger partial charge in [0.15, 0.2) is 11.5 Å². The monoisotopic (exact) mass is 432 g/mol. The van der Waals surface area contributed by atoms with Crippen LogP contribution in [0.4, 0.5) is 24.5 Å². The molecule has 0 spiro atoms. The van der Waals surface area contributed by atoms with E-state index in [1.165, 1.54) is 38.5 Å². The van der Waals surface area contributed by atoms with Gasteiger partial charge in [-0.05, 0) is 30.3 Å². The number of alkyl halides is 3. The summed E-state index contributed by atoms with van der Waals surface area (Å²) in [5.74, 6) is -0.209. The fourth-order valence-electron chi connectivity index (χ4n) is 2.48. The smallest absolute Gasteiger partial charge is 0.416 e. The van der Waals surface area contributed by atoms with Crippen molar-refractivity contribution in [2.24, 2.45) is 0 Å². The van der Waals surface area contributed by atoms with Gasteiger partial charge in [-0.3, -0.25) is 9.10 Å². The van der Waals surface area contributed by atoms with Crippen LogP contribution >= 0.6 is 0 Å². The quantitative estimate of drug-likeness (QED) is 0.727. The van der Waals surface area contributed by atoms with Crippen molar-refractivity contribution in [2.75, 3.05) is 36.6 Å². The lowest BCUT2D eigenvalue weighted by Crippen LogP contribution is -2.37. The fraction of sp³-hybridized carbons (Fsp3) is 0.278. The second-order valence-corrected chi connectivity index (χ2v) is 7.84. The van der Waals surface area contributed by atoms with Crippen molar-refractivity contribution in [3.63, 3.8) is 0 Å². The van der Waals surface area contributed by atoms with Crippen molar-refractivity contribution in [3.8, 4) is 11.5 Å². The molecule has 11 heteroatoms. The summed E-state index contributed by atoms with van der Waals surface area (Å²) in [6.07, 6.45) is -3.67. The van der Waals surface area contributed by atoms with E-state index in [9.17, 15) is 26.4 Å². The third-order valence-corrected chi connectivity index (χ3v) is 4.96. The van der Waals surface area contributed by atoms with E-state index in [0.717, 1.165) is 28.8 Å². The van der Waals surface area contributed by atoms with Crippen molar-refractivity contribution in [3.05, 3.63) is 48.0 Å². The number of nitrogens with zero attached hydrogens (tertiary/aromatic N) is 1. The number of hydrogen-bond acceptors (Lipinski definition) is 5. The molecule has 0 aliphatic rings. The minimum Gasteiger partial charge on any atom is -0.493 e. The highest BCUT2D eigenvalue weighted by Crippen LogP contribution is 2.33. The Kier molecular flexibility index (Phi) is 6.62. The Bertz CT molecular complexity index is 993. The normalized spacial score (nSPS) is 11.7. The molecular formula is C18H19F3N2O5S. The number of anilines is 2. The number of carbonyl (C=O) groups excluding carboxylic acids is 1. The summed E-state index contributed by atoms with van der Waals surface area (Å²) in [5, 5.41) is 2.28. The molecule has 0 saturated carbocycles. The Morgan fingerprint density at radius 1 is 1.07 bits per heavy atom. The van der Waals surface area contributed by atoms with Crippen molar-refractivity contribution < 1.29 is 35.9 Å². The number of nitrogens with one attached hydrogen (secondary N) is 1. The molecule has 2 aromatic carbocycles. The molecule has 0 unspecified atom stereocenters. The molecule has 0 aliphatic carbocycles. The maximum Gasteiger partial charge on any atom is 0.416 e. The van der Waals surface area contributed by atoms with Crippen LogP contribution in [0.5, 0.6) is 11.5 Å². The molecule has 7 nitrogen and oxygen atoms in total. The highest BCUT2D eigenvalue weighted by atomic mass is 32.2. The lowest BCUT2D eigenvalue weighted by Gasteiger charge is -2.23. The average molecular weight is 432 g/mol. The molecule has 0 radical (unpaired) electrons. The zero-order chi connectivity index (χ0) is 21.8. The minimum absolute atomic E-state index is 0.106. The van der Waals surface area contributed by atoms with Crippen LogP contribution < -0.4 is 19.1 Å². The van der Waals surface area contributed by atoms with Crippen molar-refractivity contribution >= 4 is 27.3 Å². The zero-order valence-electron chi connectivity index (χ0n) is 15.8. The summed E-state index contributed by atoms with van der Waals surface area (Å²) in [6, 6.07) is 8.30. The van der Waals surface area contributed by atoms with Crippen LogP contribution in [0.25, 0.3) is 0 Å². The van der Waals surface area contributed by atoms with E-state index in [1.54, 1.807) is 0 Å². The number of hydrogen-bond donors (Lipinski definition) is 1. The first-order valence-corrected chi connectivity index (χ1v) is 9.97. The van der Waals surface area contributed by atoms with Crippen LogP contribution in [-0.4, -0.2) is 41.3 Å². The lowest BCUT2D eigenvalue weighted by atomic mass is 10.2. The summed E-state index contributed by atoms with van der Waals surface area (Å²) < 4.78 is 73.8. The van der Waals surface area contributed by atoms with Gasteiger partial charge in [0.1, 0.15) is 6.54 Å². The van der Waals surface area contributed by atoms with Gasteiger partial charge in [0, 0.05) is 11.8 Å².